The van der Waals surface area contributed by atoms with Gasteiger partial charge in [0.05, 0.1) is 40.0 Å². The van der Waals surface area contributed by atoms with Crippen molar-refractivity contribution in [2.24, 2.45) is 0 Å². The van der Waals surface area contributed by atoms with Crippen LogP contribution in [0.15, 0.2) is 97.3 Å². The Morgan fingerprint density at radius 1 is 0.860 bits per heavy atom. The molecule has 0 saturated heterocycles. The summed E-state index contributed by atoms with van der Waals surface area (Å²) in [6.07, 6.45) is 3.02. The largest absolute Gasteiger partial charge is 0.478 e. The summed E-state index contributed by atoms with van der Waals surface area (Å²) in [5.74, 6) is -2.41. The molecular formula is C34H22F2N4O3. The highest BCUT2D eigenvalue weighted by Crippen LogP contribution is 2.31. The maximum atomic E-state index is 14.3. The molecule has 0 aliphatic heterocycles. The summed E-state index contributed by atoms with van der Waals surface area (Å²) < 4.78 is 29.9. The summed E-state index contributed by atoms with van der Waals surface area (Å²) in [5, 5.41) is 22.8. The molecule has 9 heteroatoms. The van der Waals surface area contributed by atoms with Gasteiger partial charge in [-0.25, -0.2) is 13.6 Å². The van der Waals surface area contributed by atoms with E-state index < -0.39 is 17.6 Å². The van der Waals surface area contributed by atoms with Crippen LogP contribution in [0.3, 0.4) is 0 Å². The molecule has 0 saturated carbocycles. The van der Waals surface area contributed by atoms with Crippen LogP contribution in [0.25, 0.3) is 32.9 Å². The first kappa shape index (κ1) is 27.3. The summed E-state index contributed by atoms with van der Waals surface area (Å²) in [4.78, 5) is 29.1. The van der Waals surface area contributed by atoms with Gasteiger partial charge in [-0.2, -0.15) is 5.26 Å². The number of carbonyl (C=O) groups is 2. The molecule has 0 aliphatic rings. The van der Waals surface area contributed by atoms with Crippen LogP contribution in [0.2, 0.25) is 0 Å². The number of amides is 1. The number of rotatable bonds is 7. The number of halogens is 2. The lowest BCUT2D eigenvalue weighted by molar-refractivity contribution is 0.0696. The van der Waals surface area contributed by atoms with Crippen LogP contribution in [0, 0.1) is 23.0 Å². The van der Waals surface area contributed by atoms with Gasteiger partial charge in [-0.15, -0.1) is 0 Å². The van der Waals surface area contributed by atoms with Crippen LogP contribution in [-0.2, 0) is 13.1 Å². The SMILES string of the molecule is N#Cc1cc(F)cc(-c2cc(C(=O)NCc3ccc(C(=O)O)cc3)c3c(ccn3Cc3ccc4cc(F)cnc4c3)c2)c1. The highest BCUT2D eigenvalue weighted by molar-refractivity contribution is 6.08. The fourth-order valence-corrected chi connectivity index (χ4v) is 5.12. The summed E-state index contributed by atoms with van der Waals surface area (Å²) in [7, 11) is 0. The van der Waals surface area contributed by atoms with Crippen LogP contribution in [0.1, 0.15) is 37.4 Å². The van der Waals surface area contributed by atoms with Gasteiger partial charge in [0.25, 0.3) is 5.91 Å². The molecule has 0 aliphatic carbocycles. The van der Waals surface area contributed by atoms with Gasteiger partial charge in [0.2, 0.25) is 0 Å². The third-order valence-corrected chi connectivity index (χ3v) is 7.19. The van der Waals surface area contributed by atoms with Crippen LogP contribution in [0.5, 0.6) is 0 Å². The number of hydrogen-bond donors (Lipinski definition) is 2. The van der Waals surface area contributed by atoms with E-state index in [1.165, 1.54) is 30.5 Å². The first-order chi connectivity index (χ1) is 20.8. The molecule has 1 amide bonds. The molecule has 2 aromatic heterocycles. The van der Waals surface area contributed by atoms with Crippen molar-refractivity contribution in [3.63, 3.8) is 0 Å². The number of nitrogens with one attached hydrogen (secondary N) is 1. The number of fused-ring (bicyclic) bond motifs is 2. The molecule has 43 heavy (non-hydrogen) atoms. The van der Waals surface area contributed by atoms with Crippen molar-refractivity contribution < 1.29 is 23.5 Å². The zero-order valence-electron chi connectivity index (χ0n) is 22.5. The van der Waals surface area contributed by atoms with Crippen molar-refractivity contribution >= 4 is 33.7 Å². The Labute approximate surface area is 244 Å². The van der Waals surface area contributed by atoms with E-state index in [0.29, 0.717) is 45.2 Å². The monoisotopic (exact) mass is 572 g/mol. The average molecular weight is 573 g/mol. The lowest BCUT2D eigenvalue weighted by Gasteiger charge is -2.14. The second kappa shape index (κ2) is 11.2. The molecule has 6 aromatic rings. The maximum absolute atomic E-state index is 14.3. The number of nitriles is 1. The fraction of sp³-hybridized carbons (Fsp3) is 0.0588. The summed E-state index contributed by atoms with van der Waals surface area (Å²) in [6.45, 7) is 0.546. The molecule has 210 valence electrons. The zero-order chi connectivity index (χ0) is 30.1. The molecule has 7 nitrogen and oxygen atoms in total. The normalized spacial score (nSPS) is 11.0. The van der Waals surface area contributed by atoms with Gasteiger partial charge in [-0.3, -0.25) is 9.78 Å². The van der Waals surface area contributed by atoms with Crippen LogP contribution in [0.4, 0.5) is 8.78 Å². The summed E-state index contributed by atoms with van der Waals surface area (Å²) in [5.41, 5.74) is 4.55. The number of pyridine rings is 1. The number of hydrogen-bond acceptors (Lipinski definition) is 4. The van der Waals surface area contributed by atoms with Gasteiger partial charge >= 0.3 is 5.97 Å². The second-order valence-corrected chi connectivity index (χ2v) is 10.1. The molecule has 2 heterocycles. The van der Waals surface area contributed by atoms with Crippen molar-refractivity contribution in [1.29, 1.82) is 5.26 Å². The Balaban J connectivity index is 1.40. The van der Waals surface area contributed by atoms with E-state index in [2.05, 4.69) is 10.3 Å². The van der Waals surface area contributed by atoms with Crippen molar-refractivity contribution in [3.8, 4) is 17.2 Å². The Kier molecular flexibility index (Phi) is 7.10. The minimum Gasteiger partial charge on any atom is -0.478 e. The number of nitrogens with zero attached hydrogens (tertiary/aromatic N) is 3. The highest BCUT2D eigenvalue weighted by atomic mass is 19.1. The fourth-order valence-electron chi connectivity index (χ4n) is 5.12. The molecule has 2 N–H and O–H groups in total. The van der Waals surface area contributed by atoms with Crippen molar-refractivity contribution in [2.75, 3.05) is 0 Å². The molecule has 4 aromatic carbocycles. The molecule has 0 bridgehead atoms. The van der Waals surface area contributed by atoms with E-state index in [9.17, 15) is 23.6 Å². The maximum Gasteiger partial charge on any atom is 0.335 e. The van der Waals surface area contributed by atoms with Gasteiger partial charge < -0.3 is 15.0 Å². The minimum atomic E-state index is -1.04. The third kappa shape index (κ3) is 5.67. The molecule has 0 fully saturated rings. The highest BCUT2D eigenvalue weighted by Gasteiger charge is 2.18. The zero-order valence-corrected chi connectivity index (χ0v) is 22.5. The predicted molar refractivity (Wildman–Crippen MR) is 157 cm³/mol. The Bertz CT molecular complexity index is 2100. The van der Waals surface area contributed by atoms with E-state index in [-0.39, 0.29) is 23.6 Å². The lowest BCUT2D eigenvalue weighted by Crippen LogP contribution is -2.23. The quantitative estimate of drug-likeness (QED) is 0.222. The first-order valence-corrected chi connectivity index (χ1v) is 13.3. The van der Waals surface area contributed by atoms with Gasteiger partial charge in [-0.1, -0.05) is 24.3 Å². The number of aromatic nitrogens is 2. The smallest absolute Gasteiger partial charge is 0.335 e. The average Bonchev–Trinajstić information content (AvgIpc) is 3.41. The topological polar surface area (TPSA) is 108 Å². The van der Waals surface area contributed by atoms with E-state index in [4.69, 9.17) is 5.11 Å². The third-order valence-electron chi connectivity index (χ3n) is 7.19. The van der Waals surface area contributed by atoms with Gasteiger partial charge in [0, 0.05) is 30.1 Å². The van der Waals surface area contributed by atoms with Crippen molar-refractivity contribution in [2.45, 2.75) is 13.1 Å². The number of aromatic carboxylic acids is 1. The van der Waals surface area contributed by atoms with Gasteiger partial charge in [-0.05, 0) is 82.9 Å². The number of carbonyl (C=O) groups excluding carboxylic acids is 1. The van der Waals surface area contributed by atoms with Crippen LogP contribution in [-0.4, -0.2) is 26.5 Å². The number of carboxylic acid groups (broad SMARTS) is 1. The molecular weight excluding hydrogens is 550 g/mol. The van der Waals surface area contributed by atoms with Crippen LogP contribution >= 0.6 is 0 Å². The van der Waals surface area contributed by atoms with E-state index in [1.807, 2.05) is 41.1 Å². The lowest BCUT2D eigenvalue weighted by atomic mass is 9.98. The summed E-state index contributed by atoms with van der Waals surface area (Å²) in [6, 6.07) is 24.5. The van der Waals surface area contributed by atoms with Crippen molar-refractivity contribution in [1.82, 2.24) is 14.9 Å². The standard InChI is InChI=1S/C34H22F2N4O3/c35-28-10-22(16-37)9-26(14-28)27-12-25-7-8-40(19-21-3-6-24-13-29(36)18-38-31(24)11-21)32(25)30(15-27)33(41)39-17-20-1-4-23(5-2-20)34(42)43/h1-15,18H,17,19H2,(H,39,41)(H,42,43). The predicted octanol–water partition coefficient (Wildman–Crippen LogP) is 6.68. The van der Waals surface area contributed by atoms with Gasteiger partial charge in [0.15, 0.2) is 0 Å². The Morgan fingerprint density at radius 2 is 1.63 bits per heavy atom. The Morgan fingerprint density at radius 3 is 2.40 bits per heavy atom. The van der Waals surface area contributed by atoms with E-state index >= 15 is 0 Å². The number of carboxylic acids is 1. The van der Waals surface area contributed by atoms with E-state index in [1.54, 1.807) is 30.3 Å². The van der Waals surface area contributed by atoms with Crippen LogP contribution < -0.4 is 5.32 Å². The first-order valence-electron chi connectivity index (χ1n) is 13.3. The second-order valence-electron chi connectivity index (χ2n) is 10.1. The van der Waals surface area contributed by atoms with Crippen molar-refractivity contribution in [3.05, 3.63) is 137 Å². The molecule has 0 unspecified atom stereocenters. The Hall–Kier alpha value is -5.88. The molecule has 0 radical (unpaired) electrons. The summed E-state index contributed by atoms with van der Waals surface area (Å²) >= 11 is 0. The minimum absolute atomic E-state index is 0.142. The molecule has 0 spiro atoms. The number of benzene rings is 4. The molecule has 0 atom stereocenters. The van der Waals surface area contributed by atoms with E-state index in [0.717, 1.165) is 17.0 Å². The molecule has 6 rings (SSSR count). The van der Waals surface area contributed by atoms with Gasteiger partial charge in [0.1, 0.15) is 11.6 Å².